The van der Waals surface area contributed by atoms with Gasteiger partial charge in [0.1, 0.15) is 11.5 Å². The number of halogens is 1. The average Bonchev–Trinajstić information content (AvgIpc) is 3.12. The number of aryl methyl sites for hydroxylation is 1. The van der Waals surface area contributed by atoms with Gasteiger partial charge in [-0.3, -0.25) is 9.59 Å². The summed E-state index contributed by atoms with van der Waals surface area (Å²) in [6, 6.07) is 13.6. The van der Waals surface area contributed by atoms with Crippen LogP contribution < -0.4 is 5.32 Å². The molecule has 0 atom stereocenters. The maximum atomic E-state index is 14.1. The number of aromatic nitrogens is 1. The predicted octanol–water partition coefficient (Wildman–Crippen LogP) is 4.44. The molecule has 0 radical (unpaired) electrons. The zero-order chi connectivity index (χ0) is 21.7. The molecule has 0 aliphatic rings. The van der Waals surface area contributed by atoms with Crippen LogP contribution in [0.4, 0.5) is 4.39 Å². The van der Waals surface area contributed by atoms with Crippen molar-refractivity contribution in [1.82, 2.24) is 14.8 Å². The number of carbonyl (C=O) groups is 2. The smallest absolute Gasteiger partial charge is 0.270 e. The highest BCUT2D eigenvalue weighted by Crippen LogP contribution is 2.24. The normalized spacial score (nSPS) is 11.5. The molecule has 2 amide bonds. The molecule has 0 aliphatic carbocycles. The Labute approximate surface area is 175 Å². The van der Waals surface area contributed by atoms with E-state index in [2.05, 4.69) is 9.88 Å². The van der Waals surface area contributed by atoms with Crippen molar-refractivity contribution < 1.29 is 14.0 Å². The van der Waals surface area contributed by atoms with Gasteiger partial charge in [-0.2, -0.15) is 0 Å². The van der Waals surface area contributed by atoms with E-state index in [0.717, 1.165) is 23.0 Å². The van der Waals surface area contributed by atoms with E-state index in [0.29, 0.717) is 13.1 Å². The van der Waals surface area contributed by atoms with Gasteiger partial charge in [0.05, 0.1) is 5.56 Å². The lowest BCUT2D eigenvalue weighted by Crippen LogP contribution is -2.38. The molecule has 3 aromatic rings. The van der Waals surface area contributed by atoms with Crippen LogP contribution in [0.1, 0.15) is 36.7 Å². The molecule has 0 fully saturated rings. The number of hydrogen-bond acceptors (Lipinski definition) is 2. The van der Waals surface area contributed by atoms with Gasteiger partial charge >= 0.3 is 0 Å². The molecule has 156 valence electrons. The number of carbonyl (C=O) groups excluding carboxylic acids is 2. The number of nitrogens with one attached hydrogen (secondary N) is 1. The summed E-state index contributed by atoms with van der Waals surface area (Å²) in [7, 11) is 0. The minimum atomic E-state index is -0.654. The Morgan fingerprint density at radius 3 is 2.37 bits per heavy atom. The summed E-state index contributed by atoms with van der Waals surface area (Å²) >= 11 is 0. The number of likely N-dealkylation sites (N-methyl/N-ethyl adjacent to an activating group) is 1. The quantitative estimate of drug-likeness (QED) is 0.589. The Bertz CT molecular complexity index is 1100. The van der Waals surface area contributed by atoms with Crippen molar-refractivity contribution >= 4 is 28.8 Å². The Morgan fingerprint density at radius 1 is 1.03 bits per heavy atom. The number of fused-ring (bicyclic) bond motifs is 1. The minimum absolute atomic E-state index is 0.105. The average molecular weight is 407 g/mol. The molecule has 1 N–H and O–H groups in total. The fourth-order valence-electron chi connectivity index (χ4n) is 3.47. The van der Waals surface area contributed by atoms with E-state index in [4.69, 9.17) is 0 Å². The Morgan fingerprint density at radius 2 is 1.70 bits per heavy atom. The van der Waals surface area contributed by atoms with Gasteiger partial charge in [-0.25, -0.2) is 4.39 Å². The van der Waals surface area contributed by atoms with Crippen LogP contribution in [0.2, 0.25) is 0 Å². The summed E-state index contributed by atoms with van der Waals surface area (Å²) in [4.78, 5) is 27.5. The topological polar surface area (TPSA) is 54.3 Å². The second-order valence-corrected chi connectivity index (χ2v) is 6.86. The first-order chi connectivity index (χ1) is 14.5. The van der Waals surface area contributed by atoms with E-state index in [1.807, 2.05) is 51.2 Å². The molecule has 30 heavy (non-hydrogen) atoms. The highest BCUT2D eigenvalue weighted by molar-refractivity contribution is 6.06. The van der Waals surface area contributed by atoms with Gasteiger partial charge in [-0.15, -0.1) is 0 Å². The van der Waals surface area contributed by atoms with Crippen LogP contribution in [0.3, 0.4) is 0 Å². The van der Waals surface area contributed by atoms with E-state index < -0.39 is 11.7 Å². The van der Waals surface area contributed by atoms with Gasteiger partial charge < -0.3 is 14.8 Å². The van der Waals surface area contributed by atoms with Crippen molar-refractivity contribution in [2.75, 3.05) is 13.1 Å². The summed E-state index contributed by atoms with van der Waals surface area (Å²) in [6.45, 7) is 7.57. The molecular formula is C24H26FN3O2. The Balaban J connectivity index is 2.07. The predicted molar refractivity (Wildman–Crippen MR) is 117 cm³/mol. The molecule has 0 aliphatic heterocycles. The first-order valence-electron chi connectivity index (χ1n) is 10.1. The van der Waals surface area contributed by atoms with E-state index in [9.17, 15) is 14.0 Å². The number of rotatable bonds is 7. The lowest BCUT2D eigenvalue weighted by molar-refractivity contribution is -0.127. The van der Waals surface area contributed by atoms with Gasteiger partial charge in [0.2, 0.25) is 0 Å². The van der Waals surface area contributed by atoms with Crippen molar-refractivity contribution in [2.45, 2.75) is 27.3 Å². The number of hydrogen-bond donors (Lipinski definition) is 1. The molecule has 0 saturated heterocycles. The second-order valence-electron chi connectivity index (χ2n) is 6.86. The van der Waals surface area contributed by atoms with Crippen LogP contribution in [0, 0.1) is 5.82 Å². The first kappa shape index (κ1) is 21.3. The molecular weight excluding hydrogens is 381 g/mol. The van der Waals surface area contributed by atoms with Gasteiger partial charge in [-0.1, -0.05) is 30.3 Å². The SMILES string of the molecule is CCN(CC)C(=O)C(=Cc1cn(CC)c2ccccc12)NC(=O)c1ccccc1F. The van der Waals surface area contributed by atoms with E-state index in [1.165, 1.54) is 18.2 Å². The van der Waals surface area contributed by atoms with Crippen LogP contribution in [0.5, 0.6) is 0 Å². The number of nitrogens with zero attached hydrogens (tertiary/aromatic N) is 2. The van der Waals surface area contributed by atoms with Crippen LogP contribution in [-0.4, -0.2) is 34.4 Å². The number of para-hydroxylation sites is 1. The van der Waals surface area contributed by atoms with Crippen molar-refractivity contribution in [1.29, 1.82) is 0 Å². The fourth-order valence-corrected chi connectivity index (χ4v) is 3.47. The van der Waals surface area contributed by atoms with Crippen molar-refractivity contribution in [3.05, 3.63) is 77.4 Å². The molecule has 0 saturated carbocycles. The first-order valence-corrected chi connectivity index (χ1v) is 10.1. The number of benzene rings is 2. The maximum Gasteiger partial charge on any atom is 0.270 e. The molecule has 5 nitrogen and oxygen atoms in total. The van der Waals surface area contributed by atoms with Gasteiger partial charge in [0.15, 0.2) is 0 Å². The lowest BCUT2D eigenvalue weighted by atomic mass is 10.1. The van der Waals surface area contributed by atoms with Crippen molar-refractivity contribution in [3.8, 4) is 0 Å². The second kappa shape index (κ2) is 9.39. The zero-order valence-electron chi connectivity index (χ0n) is 17.5. The van der Waals surface area contributed by atoms with Crippen molar-refractivity contribution in [3.63, 3.8) is 0 Å². The van der Waals surface area contributed by atoms with Gasteiger partial charge in [0.25, 0.3) is 11.8 Å². The number of amides is 2. The van der Waals surface area contributed by atoms with Crippen molar-refractivity contribution in [2.24, 2.45) is 0 Å². The summed E-state index contributed by atoms with van der Waals surface area (Å²) in [6.07, 6.45) is 3.63. The molecule has 1 heterocycles. The van der Waals surface area contributed by atoms with Crippen LogP contribution in [0.15, 0.2) is 60.4 Å². The van der Waals surface area contributed by atoms with E-state index in [1.54, 1.807) is 17.0 Å². The Kier molecular flexibility index (Phi) is 6.67. The van der Waals surface area contributed by atoms with Crippen LogP contribution >= 0.6 is 0 Å². The maximum absolute atomic E-state index is 14.1. The Hall–Kier alpha value is -3.41. The molecule has 0 spiro atoms. The lowest BCUT2D eigenvalue weighted by Gasteiger charge is -2.21. The summed E-state index contributed by atoms with van der Waals surface area (Å²) in [5.41, 5.74) is 1.87. The van der Waals surface area contributed by atoms with E-state index >= 15 is 0 Å². The summed E-state index contributed by atoms with van der Waals surface area (Å²) < 4.78 is 16.2. The standard InChI is InChI=1S/C24H26FN3O2/c1-4-27(5-2)24(30)21(26-23(29)19-12-7-9-13-20(19)25)15-17-16-28(6-3)22-14-10-8-11-18(17)22/h7-16H,4-6H2,1-3H3,(H,26,29). The minimum Gasteiger partial charge on any atom is -0.347 e. The molecule has 0 unspecified atom stereocenters. The zero-order valence-corrected chi connectivity index (χ0v) is 17.5. The molecule has 6 heteroatoms. The summed E-state index contributed by atoms with van der Waals surface area (Å²) in [5, 5.41) is 3.62. The molecule has 1 aromatic heterocycles. The van der Waals surface area contributed by atoms with Gasteiger partial charge in [0, 0.05) is 42.3 Å². The largest absolute Gasteiger partial charge is 0.347 e. The van der Waals surface area contributed by atoms with Gasteiger partial charge in [-0.05, 0) is 45.0 Å². The summed E-state index contributed by atoms with van der Waals surface area (Å²) in [5.74, 6) is -1.59. The van der Waals surface area contributed by atoms with E-state index in [-0.39, 0.29) is 17.2 Å². The molecule has 3 rings (SSSR count). The highest BCUT2D eigenvalue weighted by Gasteiger charge is 2.21. The van der Waals surface area contributed by atoms with Crippen LogP contribution in [-0.2, 0) is 11.3 Å². The third-order valence-corrected chi connectivity index (χ3v) is 5.11. The third-order valence-electron chi connectivity index (χ3n) is 5.11. The highest BCUT2D eigenvalue weighted by atomic mass is 19.1. The van der Waals surface area contributed by atoms with Crippen LogP contribution in [0.25, 0.3) is 17.0 Å². The fraction of sp³-hybridized carbons (Fsp3) is 0.250. The monoisotopic (exact) mass is 407 g/mol. The molecule has 0 bridgehead atoms. The third kappa shape index (κ3) is 4.27. The molecule has 2 aromatic carbocycles.